The zero-order valence-electron chi connectivity index (χ0n) is 46.4. The summed E-state index contributed by atoms with van der Waals surface area (Å²) in [6, 6.07) is 47.7. The summed E-state index contributed by atoms with van der Waals surface area (Å²) in [6.45, 7) is 28.8. The van der Waals surface area contributed by atoms with Crippen molar-refractivity contribution in [2.24, 2.45) is 0 Å². The largest absolute Gasteiger partial charge is 0.311 e. The van der Waals surface area contributed by atoms with E-state index in [4.69, 9.17) is 0 Å². The van der Waals surface area contributed by atoms with Gasteiger partial charge in [0.1, 0.15) is 0 Å². The molecule has 2 aliphatic heterocycles. The minimum atomic E-state index is -2.39. The first-order valence-electron chi connectivity index (χ1n) is 27.3. The summed E-state index contributed by atoms with van der Waals surface area (Å²) in [7, 11) is 0. The van der Waals surface area contributed by atoms with E-state index in [0.717, 1.165) is 81.8 Å². The summed E-state index contributed by atoms with van der Waals surface area (Å²) in [5.41, 5.74) is 24.4. The van der Waals surface area contributed by atoms with Gasteiger partial charge in [-0.1, -0.05) is 168 Å². The van der Waals surface area contributed by atoms with Crippen LogP contribution in [0.1, 0.15) is 157 Å². The van der Waals surface area contributed by atoms with Crippen LogP contribution in [0.5, 0.6) is 0 Å². The number of fused-ring (bicyclic) bond motifs is 7. The molecule has 0 saturated heterocycles. The van der Waals surface area contributed by atoms with E-state index in [0.29, 0.717) is 5.56 Å². The smallest absolute Gasteiger partial charge is 0.252 e. The van der Waals surface area contributed by atoms with Crippen LogP contribution in [0.25, 0.3) is 22.3 Å². The van der Waals surface area contributed by atoms with E-state index in [1.807, 2.05) is 6.07 Å². The highest BCUT2D eigenvalue weighted by atomic mass is 15.2. The second kappa shape index (κ2) is 14.4. The minimum absolute atomic E-state index is 0.0329. The van der Waals surface area contributed by atoms with Gasteiger partial charge in [0, 0.05) is 38.1 Å². The third-order valence-corrected chi connectivity index (χ3v) is 17.9. The average molecular weight is 906 g/mol. The lowest BCUT2D eigenvalue weighted by atomic mass is 9.33. The van der Waals surface area contributed by atoms with Crippen LogP contribution >= 0.6 is 0 Å². The van der Waals surface area contributed by atoms with Crippen molar-refractivity contribution in [3.8, 4) is 22.3 Å². The molecule has 0 amide bonds. The Hall–Kier alpha value is -5.80. The Balaban J connectivity index is 1.25. The van der Waals surface area contributed by atoms with Gasteiger partial charge >= 0.3 is 0 Å². The molecule has 0 fully saturated rings. The summed E-state index contributed by atoms with van der Waals surface area (Å²) in [5, 5.41) is 0. The molecule has 0 N–H and O–H groups in total. The lowest BCUT2D eigenvalue weighted by Gasteiger charge is -2.47. The van der Waals surface area contributed by atoms with Crippen LogP contribution in [-0.2, 0) is 32.5 Å². The fourth-order valence-electron chi connectivity index (χ4n) is 14.8. The molecule has 0 saturated carbocycles. The quantitative estimate of drug-likeness (QED) is 0.162. The van der Waals surface area contributed by atoms with E-state index in [9.17, 15) is 4.11 Å². The van der Waals surface area contributed by atoms with Crippen LogP contribution in [0, 0.1) is 13.8 Å². The van der Waals surface area contributed by atoms with E-state index in [2.05, 4.69) is 221 Å². The number of hydrogen-bond donors (Lipinski definition) is 0. The summed E-state index contributed by atoms with van der Waals surface area (Å²) in [5.74, 6) is 0. The summed E-state index contributed by atoms with van der Waals surface area (Å²) < 4.78 is 27.9. The van der Waals surface area contributed by atoms with Crippen LogP contribution < -0.4 is 26.2 Å². The number of nitrogens with zero attached hydrogens (tertiary/aromatic N) is 2. The van der Waals surface area contributed by atoms with Crippen molar-refractivity contribution in [3.63, 3.8) is 0 Å². The highest BCUT2D eigenvalue weighted by molar-refractivity contribution is 7.00. The molecular weight excluding hydrogens is 832 g/mol. The summed E-state index contributed by atoms with van der Waals surface area (Å²) >= 11 is 0. The maximum atomic E-state index is 9.31. The fraction of sp³-hybridized carbons (Fsp3) is 0.364. The Morgan fingerprint density at radius 2 is 0.841 bits per heavy atom. The molecule has 0 bridgehead atoms. The highest BCUT2D eigenvalue weighted by Gasteiger charge is 2.51. The summed E-state index contributed by atoms with van der Waals surface area (Å²) in [4.78, 5) is 5.00. The van der Waals surface area contributed by atoms with E-state index >= 15 is 0 Å². The van der Waals surface area contributed by atoms with E-state index in [-0.39, 0.29) is 39.2 Å². The molecule has 12 rings (SSSR count). The zero-order chi connectivity index (χ0) is 51.0. The van der Waals surface area contributed by atoms with Crippen molar-refractivity contribution in [1.82, 2.24) is 0 Å². The Morgan fingerprint density at radius 3 is 1.35 bits per heavy atom. The lowest BCUT2D eigenvalue weighted by Crippen LogP contribution is -2.62. The van der Waals surface area contributed by atoms with E-state index in [1.165, 1.54) is 55.6 Å². The molecule has 3 aliphatic carbocycles. The Morgan fingerprint density at radius 1 is 0.406 bits per heavy atom. The van der Waals surface area contributed by atoms with Gasteiger partial charge in [0.05, 0.1) is 5.69 Å². The maximum absolute atomic E-state index is 9.31. The van der Waals surface area contributed by atoms with Crippen molar-refractivity contribution >= 4 is 57.2 Å². The van der Waals surface area contributed by atoms with Gasteiger partial charge in [-0.05, 0) is 192 Å². The molecule has 7 aromatic rings. The molecule has 5 aliphatic rings. The third kappa shape index (κ3) is 6.50. The molecule has 0 atom stereocenters. The Kier molecular flexibility index (Phi) is 8.56. The molecular formula is C66H71BN2. The molecule has 7 aromatic carbocycles. The van der Waals surface area contributed by atoms with Crippen molar-refractivity contribution in [1.29, 1.82) is 0 Å². The number of anilines is 6. The van der Waals surface area contributed by atoms with Gasteiger partial charge in [0.25, 0.3) is 6.71 Å². The second-order valence-corrected chi connectivity index (χ2v) is 25.8. The molecule has 3 heteroatoms. The molecule has 2 nitrogen and oxygen atoms in total. The predicted octanol–water partition coefficient (Wildman–Crippen LogP) is 16.0. The van der Waals surface area contributed by atoms with Crippen molar-refractivity contribution in [3.05, 3.63) is 172 Å². The molecule has 2 heterocycles. The van der Waals surface area contributed by atoms with E-state index in [1.54, 1.807) is 0 Å². The van der Waals surface area contributed by atoms with Gasteiger partial charge in [0.15, 0.2) is 0 Å². The normalized spacial score (nSPS) is 20.7. The summed E-state index contributed by atoms with van der Waals surface area (Å²) in [6.07, 6.45) is 4.32. The fourth-order valence-corrected chi connectivity index (χ4v) is 14.8. The molecule has 348 valence electrons. The highest BCUT2D eigenvalue weighted by Crippen LogP contribution is 2.57. The van der Waals surface area contributed by atoms with Gasteiger partial charge in [-0.15, -0.1) is 0 Å². The van der Waals surface area contributed by atoms with Gasteiger partial charge in [-0.2, -0.15) is 0 Å². The lowest BCUT2D eigenvalue weighted by molar-refractivity contribution is 0.332. The standard InChI is InChI=1S/C66H71BN2/c1-40-29-58-60-59(30-40)69(55-35-49-46(31-41(55)2)61(3,4)27-28-62(49,5)6)57-37-51-48(64(9,10)39-66(51,13)14)34-53(57)67(60)52-33-47-50(65(11,12)38-63(47,7)8)36-56(52)68(58)54-26-25-44(42-21-17-15-18-22-42)32-45(54)43-23-19-16-20-24-43/h15-26,29-37H,27-28,38-39H2,1-14H3/i1D3. The van der Waals surface area contributed by atoms with Crippen molar-refractivity contribution in [2.45, 2.75) is 155 Å². The SMILES string of the molecule is [2H]C([2H])([2H])c1cc2c3c(c1)N(c1ccc(-c4ccccc4)cc1-c1ccccc1)c1cc4c(cc1B3c1cc3c(cc1N2c1cc2c(cc1C)C(C)(C)CCC2(C)C)C(C)(C)CC3(C)C)C(C)(C)CC4(C)C. The molecule has 69 heavy (non-hydrogen) atoms. The molecule has 0 spiro atoms. The third-order valence-electron chi connectivity index (χ3n) is 17.9. The average Bonchev–Trinajstić information content (AvgIpc) is 3.62. The van der Waals surface area contributed by atoms with Gasteiger partial charge in [-0.3, -0.25) is 0 Å². The van der Waals surface area contributed by atoms with Crippen LogP contribution in [0.2, 0.25) is 0 Å². The van der Waals surface area contributed by atoms with Crippen molar-refractivity contribution in [2.75, 3.05) is 9.80 Å². The first kappa shape index (κ1) is 41.0. The molecule has 0 aromatic heterocycles. The maximum Gasteiger partial charge on any atom is 0.252 e. The Labute approximate surface area is 418 Å². The number of benzene rings is 7. The molecule has 0 radical (unpaired) electrons. The minimum Gasteiger partial charge on any atom is -0.311 e. The number of rotatable bonds is 4. The molecule has 0 unspecified atom stereocenters. The Bertz CT molecular complexity index is 3430. The zero-order valence-corrected chi connectivity index (χ0v) is 43.4. The monoisotopic (exact) mass is 906 g/mol. The van der Waals surface area contributed by atoms with Crippen LogP contribution in [0.3, 0.4) is 0 Å². The number of hydrogen-bond acceptors (Lipinski definition) is 2. The van der Waals surface area contributed by atoms with Crippen LogP contribution in [-0.4, -0.2) is 6.71 Å². The number of aryl methyl sites for hydroxylation is 2. The van der Waals surface area contributed by atoms with E-state index < -0.39 is 6.85 Å². The van der Waals surface area contributed by atoms with Gasteiger partial charge in [-0.25, -0.2) is 0 Å². The first-order valence-corrected chi connectivity index (χ1v) is 25.8. The topological polar surface area (TPSA) is 6.48 Å². The van der Waals surface area contributed by atoms with Gasteiger partial charge in [0.2, 0.25) is 0 Å². The first-order chi connectivity index (χ1) is 33.7. The van der Waals surface area contributed by atoms with Crippen LogP contribution in [0.4, 0.5) is 34.1 Å². The predicted molar refractivity (Wildman–Crippen MR) is 297 cm³/mol. The van der Waals surface area contributed by atoms with Gasteiger partial charge < -0.3 is 9.80 Å². The second-order valence-electron chi connectivity index (χ2n) is 25.8. The van der Waals surface area contributed by atoms with Crippen molar-refractivity contribution < 1.29 is 4.11 Å². The van der Waals surface area contributed by atoms with Crippen LogP contribution in [0.15, 0.2) is 127 Å².